The van der Waals surface area contributed by atoms with E-state index in [0.29, 0.717) is 24.8 Å². The molecule has 1 aromatic carbocycles. The van der Waals surface area contributed by atoms with Crippen molar-refractivity contribution in [3.05, 3.63) is 24.3 Å². The first-order valence-corrected chi connectivity index (χ1v) is 8.53. The van der Waals surface area contributed by atoms with Crippen LogP contribution in [-0.4, -0.2) is 34.7 Å². The molecule has 2 rings (SSSR count). The second-order valence-electron chi connectivity index (χ2n) is 4.95. The largest absolute Gasteiger partial charge is 0.494 e. The molecule has 5 nitrogen and oxygen atoms in total. The van der Waals surface area contributed by atoms with E-state index in [9.17, 15) is 8.42 Å². The summed E-state index contributed by atoms with van der Waals surface area (Å²) in [4.78, 5) is 0.283. The highest BCUT2D eigenvalue weighted by atomic mass is 32.2. The third-order valence-electron chi connectivity index (χ3n) is 3.45. The van der Waals surface area contributed by atoms with Gasteiger partial charge in [-0.2, -0.15) is 0 Å². The highest BCUT2D eigenvalue weighted by Crippen LogP contribution is 2.16. The lowest BCUT2D eigenvalue weighted by Gasteiger charge is -2.10. The number of sulfonamides is 1. The van der Waals surface area contributed by atoms with Gasteiger partial charge in [0.05, 0.1) is 11.5 Å². The smallest absolute Gasteiger partial charge is 0.240 e. The highest BCUT2D eigenvalue weighted by Gasteiger charge is 2.17. The van der Waals surface area contributed by atoms with Crippen LogP contribution < -0.4 is 14.8 Å². The quantitative estimate of drug-likeness (QED) is 0.798. The van der Waals surface area contributed by atoms with Crippen molar-refractivity contribution >= 4 is 10.0 Å². The van der Waals surface area contributed by atoms with E-state index in [0.717, 1.165) is 25.9 Å². The fourth-order valence-corrected chi connectivity index (χ4v) is 3.37. The van der Waals surface area contributed by atoms with E-state index in [2.05, 4.69) is 10.0 Å². The minimum absolute atomic E-state index is 0.283. The van der Waals surface area contributed by atoms with Gasteiger partial charge in [0.25, 0.3) is 0 Å². The van der Waals surface area contributed by atoms with Crippen molar-refractivity contribution in [1.29, 1.82) is 0 Å². The maximum atomic E-state index is 12.1. The Balaban J connectivity index is 1.88. The molecule has 0 aromatic heterocycles. The second kappa shape index (κ2) is 7.06. The minimum atomic E-state index is -3.41. The van der Waals surface area contributed by atoms with Crippen molar-refractivity contribution in [2.24, 2.45) is 5.92 Å². The Bertz CT molecular complexity index is 508. The molecule has 6 heteroatoms. The molecule has 0 bridgehead atoms. The van der Waals surface area contributed by atoms with Gasteiger partial charge < -0.3 is 10.1 Å². The van der Waals surface area contributed by atoms with Crippen molar-refractivity contribution in [2.45, 2.75) is 24.7 Å². The monoisotopic (exact) mass is 298 g/mol. The van der Waals surface area contributed by atoms with E-state index in [1.165, 1.54) is 0 Å². The average Bonchev–Trinajstić information content (AvgIpc) is 2.93. The van der Waals surface area contributed by atoms with Gasteiger partial charge in [-0.15, -0.1) is 0 Å². The summed E-state index contributed by atoms with van der Waals surface area (Å²) < 4.78 is 32.2. The van der Waals surface area contributed by atoms with Gasteiger partial charge in [0.1, 0.15) is 5.75 Å². The molecular formula is C14H22N2O3S. The zero-order valence-electron chi connectivity index (χ0n) is 11.8. The van der Waals surface area contributed by atoms with E-state index >= 15 is 0 Å². The Kier molecular flexibility index (Phi) is 5.39. The van der Waals surface area contributed by atoms with E-state index in [-0.39, 0.29) is 4.90 Å². The van der Waals surface area contributed by atoms with Gasteiger partial charge in [-0.3, -0.25) is 0 Å². The Morgan fingerprint density at radius 3 is 2.70 bits per heavy atom. The first-order chi connectivity index (χ1) is 9.62. The second-order valence-corrected chi connectivity index (χ2v) is 6.72. The zero-order chi connectivity index (χ0) is 14.4. The van der Waals surface area contributed by atoms with Crippen LogP contribution in [0.4, 0.5) is 0 Å². The number of hydrogen-bond donors (Lipinski definition) is 2. The van der Waals surface area contributed by atoms with Crippen molar-refractivity contribution in [3.63, 3.8) is 0 Å². The first kappa shape index (κ1) is 15.3. The summed E-state index contributed by atoms with van der Waals surface area (Å²) in [5.41, 5.74) is 0. The Morgan fingerprint density at radius 2 is 2.10 bits per heavy atom. The number of benzene rings is 1. The van der Waals surface area contributed by atoms with Gasteiger partial charge in [-0.25, -0.2) is 13.1 Å². The van der Waals surface area contributed by atoms with Crippen LogP contribution in [0.1, 0.15) is 19.8 Å². The molecule has 1 fully saturated rings. The van der Waals surface area contributed by atoms with Crippen LogP contribution in [0.25, 0.3) is 0 Å². The fraction of sp³-hybridized carbons (Fsp3) is 0.571. The zero-order valence-corrected chi connectivity index (χ0v) is 12.6. The lowest BCUT2D eigenvalue weighted by Crippen LogP contribution is -2.26. The van der Waals surface area contributed by atoms with E-state index in [1.807, 2.05) is 6.92 Å². The van der Waals surface area contributed by atoms with Crippen LogP contribution in [0, 0.1) is 5.92 Å². The van der Waals surface area contributed by atoms with Crippen molar-refractivity contribution in [3.8, 4) is 5.75 Å². The van der Waals surface area contributed by atoms with Crippen LogP contribution in [0.2, 0.25) is 0 Å². The number of ether oxygens (including phenoxy) is 1. The Labute approximate surface area is 120 Å². The number of hydrogen-bond acceptors (Lipinski definition) is 4. The normalized spacial score (nSPS) is 19.1. The van der Waals surface area contributed by atoms with Gasteiger partial charge in [-0.05, 0) is 63.0 Å². The van der Waals surface area contributed by atoms with Crippen LogP contribution in [0.5, 0.6) is 5.75 Å². The molecule has 1 heterocycles. The van der Waals surface area contributed by atoms with E-state index in [4.69, 9.17) is 4.74 Å². The van der Waals surface area contributed by atoms with Crippen LogP contribution >= 0.6 is 0 Å². The number of rotatable bonds is 7. The van der Waals surface area contributed by atoms with Gasteiger partial charge in [0, 0.05) is 6.54 Å². The predicted octanol–water partition coefficient (Wildman–Crippen LogP) is 1.36. The third kappa shape index (κ3) is 4.19. The number of nitrogens with one attached hydrogen (secondary N) is 2. The summed E-state index contributed by atoms with van der Waals surface area (Å²) >= 11 is 0. The molecule has 1 aliphatic heterocycles. The average molecular weight is 298 g/mol. The van der Waals surface area contributed by atoms with Crippen molar-refractivity contribution in [1.82, 2.24) is 10.0 Å². The van der Waals surface area contributed by atoms with Crippen molar-refractivity contribution in [2.75, 3.05) is 26.2 Å². The highest BCUT2D eigenvalue weighted by molar-refractivity contribution is 7.89. The molecule has 1 aromatic rings. The topological polar surface area (TPSA) is 67.4 Å². The molecule has 0 aliphatic carbocycles. The van der Waals surface area contributed by atoms with Crippen molar-refractivity contribution < 1.29 is 13.2 Å². The van der Waals surface area contributed by atoms with Gasteiger partial charge in [0.15, 0.2) is 0 Å². The molecule has 1 saturated heterocycles. The summed E-state index contributed by atoms with van der Waals surface area (Å²) in [7, 11) is -3.41. The van der Waals surface area contributed by atoms with E-state index < -0.39 is 10.0 Å². The summed E-state index contributed by atoms with van der Waals surface area (Å²) in [6, 6.07) is 6.51. The molecule has 0 spiro atoms. The molecule has 1 unspecified atom stereocenters. The van der Waals surface area contributed by atoms with Gasteiger partial charge in [-0.1, -0.05) is 0 Å². The lowest BCUT2D eigenvalue weighted by molar-refractivity contribution is 0.340. The Morgan fingerprint density at radius 1 is 1.35 bits per heavy atom. The minimum Gasteiger partial charge on any atom is -0.494 e. The standard InChI is InChI=1S/C14H22N2O3S/c1-2-19-13-3-5-14(6-4-13)20(17,18)16-10-8-12-7-9-15-11-12/h3-6,12,15-16H,2,7-11H2,1H3. The Hall–Kier alpha value is -1.11. The maximum Gasteiger partial charge on any atom is 0.240 e. The van der Waals surface area contributed by atoms with E-state index in [1.54, 1.807) is 24.3 Å². The molecule has 0 radical (unpaired) electrons. The maximum absolute atomic E-state index is 12.1. The fourth-order valence-electron chi connectivity index (χ4n) is 2.32. The summed E-state index contributed by atoms with van der Waals surface area (Å²) in [5, 5.41) is 3.28. The summed E-state index contributed by atoms with van der Waals surface area (Å²) in [5.74, 6) is 1.27. The first-order valence-electron chi connectivity index (χ1n) is 7.05. The lowest BCUT2D eigenvalue weighted by atomic mass is 10.1. The molecular weight excluding hydrogens is 276 g/mol. The molecule has 1 atom stereocenters. The van der Waals surface area contributed by atoms with Gasteiger partial charge >= 0.3 is 0 Å². The molecule has 112 valence electrons. The molecule has 0 amide bonds. The predicted molar refractivity (Wildman–Crippen MR) is 78.4 cm³/mol. The third-order valence-corrected chi connectivity index (χ3v) is 4.93. The molecule has 0 saturated carbocycles. The van der Waals surface area contributed by atoms with Crippen LogP contribution in [0.15, 0.2) is 29.2 Å². The van der Waals surface area contributed by atoms with Crippen LogP contribution in [0.3, 0.4) is 0 Å². The van der Waals surface area contributed by atoms with Crippen LogP contribution in [-0.2, 0) is 10.0 Å². The summed E-state index contributed by atoms with van der Waals surface area (Å²) in [6.45, 7) is 4.98. The molecule has 2 N–H and O–H groups in total. The molecule has 20 heavy (non-hydrogen) atoms. The summed E-state index contributed by atoms with van der Waals surface area (Å²) in [6.07, 6.45) is 2.01. The molecule has 1 aliphatic rings. The van der Waals surface area contributed by atoms with Gasteiger partial charge in [0.2, 0.25) is 10.0 Å². The SMILES string of the molecule is CCOc1ccc(S(=O)(=O)NCCC2CCNC2)cc1.